The molecular formula is C16H23N5O3S2. The van der Waals surface area contributed by atoms with Crippen LogP contribution in [0.5, 0.6) is 0 Å². The molecule has 0 fully saturated rings. The van der Waals surface area contributed by atoms with Crippen LogP contribution in [0.3, 0.4) is 0 Å². The molecule has 0 aliphatic heterocycles. The summed E-state index contributed by atoms with van der Waals surface area (Å²) in [4.78, 5) is 19.9. The first-order chi connectivity index (χ1) is 12.0. The number of carbonyl (C=O) groups is 1. The minimum atomic E-state index is -3.59. The first-order valence-corrected chi connectivity index (χ1v) is 10.0. The molecule has 2 rings (SSSR count). The van der Waals surface area contributed by atoms with Crippen LogP contribution in [-0.2, 0) is 10.0 Å². The van der Waals surface area contributed by atoms with Crippen molar-refractivity contribution >= 4 is 43.9 Å². The van der Waals surface area contributed by atoms with Gasteiger partial charge in [0.15, 0.2) is 9.34 Å². The summed E-state index contributed by atoms with van der Waals surface area (Å²) in [6, 6.07) is 6.99. The zero-order valence-corrected chi connectivity index (χ0v) is 17.3. The predicted octanol–water partition coefficient (Wildman–Crippen LogP) is 2.44. The van der Waals surface area contributed by atoms with Crippen LogP contribution in [0, 0.1) is 6.92 Å². The largest absolute Gasteiger partial charge is 0.378 e. The Morgan fingerprint density at radius 2 is 1.65 bits per heavy atom. The molecule has 2 amide bonds. The summed E-state index contributed by atoms with van der Waals surface area (Å²) in [6.45, 7) is 1.61. The minimum Gasteiger partial charge on any atom is -0.378 e. The summed E-state index contributed by atoms with van der Waals surface area (Å²) in [6.07, 6.45) is 0. The molecule has 0 saturated heterocycles. The summed E-state index contributed by atoms with van der Waals surface area (Å²) in [5.41, 5.74) is 2.03. The second-order valence-corrected chi connectivity index (χ2v) is 9.41. The van der Waals surface area contributed by atoms with Crippen LogP contribution in [0.2, 0.25) is 0 Å². The van der Waals surface area contributed by atoms with E-state index in [0.29, 0.717) is 16.5 Å². The van der Waals surface area contributed by atoms with Crippen molar-refractivity contribution in [2.75, 3.05) is 50.4 Å². The number of aromatic nitrogens is 1. The summed E-state index contributed by atoms with van der Waals surface area (Å²) < 4.78 is 25.9. The van der Waals surface area contributed by atoms with Gasteiger partial charge in [-0.25, -0.2) is 22.5 Å². The number of sulfonamides is 1. The molecule has 1 aromatic heterocycles. The number of aryl methyl sites for hydroxylation is 1. The molecule has 1 aromatic carbocycles. The van der Waals surface area contributed by atoms with Gasteiger partial charge in [0.25, 0.3) is 10.0 Å². The maximum atomic E-state index is 12.4. The summed E-state index contributed by atoms with van der Waals surface area (Å²) in [5.74, 6) is 0. The summed E-state index contributed by atoms with van der Waals surface area (Å²) >= 11 is 0.966. The highest BCUT2D eigenvalue weighted by Crippen LogP contribution is 2.31. The number of hydrogen-bond donors (Lipinski definition) is 1. The number of hydrogen-bond acceptors (Lipinski definition) is 6. The van der Waals surface area contributed by atoms with E-state index in [4.69, 9.17) is 0 Å². The number of urea groups is 1. The van der Waals surface area contributed by atoms with Crippen LogP contribution in [0.15, 0.2) is 28.5 Å². The van der Waals surface area contributed by atoms with Crippen LogP contribution in [0.1, 0.15) is 5.69 Å². The lowest BCUT2D eigenvalue weighted by atomic mass is 10.2. The first kappa shape index (κ1) is 20.1. The standard InChI is InChI=1S/C16H23N5O3S2/c1-11-14(26(23,24)20(4)5)25-16(17-11)21(6)15(22)18-12-7-9-13(10-8-12)19(2)3/h7-10H,1-6H3,(H,18,22). The average molecular weight is 398 g/mol. The lowest BCUT2D eigenvalue weighted by molar-refractivity contribution is 0.258. The van der Waals surface area contributed by atoms with Crippen LogP contribution >= 0.6 is 11.3 Å². The normalized spacial score (nSPS) is 11.5. The van der Waals surface area contributed by atoms with Crippen molar-refractivity contribution in [3.8, 4) is 0 Å². The molecule has 142 valence electrons. The van der Waals surface area contributed by atoms with Crippen molar-refractivity contribution in [1.29, 1.82) is 0 Å². The third kappa shape index (κ3) is 4.14. The van der Waals surface area contributed by atoms with Crippen LogP contribution in [0.25, 0.3) is 0 Å². The monoisotopic (exact) mass is 397 g/mol. The molecule has 0 aliphatic carbocycles. The van der Waals surface area contributed by atoms with Crippen molar-refractivity contribution in [3.05, 3.63) is 30.0 Å². The fourth-order valence-corrected chi connectivity index (χ4v) is 4.66. The maximum absolute atomic E-state index is 12.4. The van der Waals surface area contributed by atoms with Crippen molar-refractivity contribution < 1.29 is 13.2 Å². The first-order valence-electron chi connectivity index (χ1n) is 7.76. The Morgan fingerprint density at radius 1 is 1.08 bits per heavy atom. The van der Waals surface area contributed by atoms with Gasteiger partial charge < -0.3 is 10.2 Å². The SMILES string of the molecule is Cc1nc(N(C)C(=O)Nc2ccc(N(C)C)cc2)sc1S(=O)(=O)N(C)C. The molecule has 0 bridgehead atoms. The third-order valence-corrected chi connectivity index (χ3v) is 7.32. The van der Waals surface area contributed by atoms with Crippen LogP contribution in [0.4, 0.5) is 21.3 Å². The second kappa shape index (κ2) is 7.60. The minimum absolute atomic E-state index is 0.132. The second-order valence-electron chi connectivity index (χ2n) is 6.09. The number of anilines is 3. The molecule has 1 N–H and O–H groups in total. The van der Waals surface area contributed by atoms with E-state index >= 15 is 0 Å². The van der Waals surface area contributed by atoms with Crippen LogP contribution < -0.4 is 15.1 Å². The van der Waals surface area contributed by atoms with Gasteiger partial charge in [0, 0.05) is 46.6 Å². The number of rotatable bonds is 5. The van der Waals surface area contributed by atoms with Gasteiger partial charge >= 0.3 is 6.03 Å². The Morgan fingerprint density at radius 3 is 2.15 bits per heavy atom. The predicted molar refractivity (Wildman–Crippen MR) is 106 cm³/mol. The van der Waals surface area contributed by atoms with Gasteiger partial charge in [0.1, 0.15) is 0 Å². The van der Waals surface area contributed by atoms with E-state index in [2.05, 4.69) is 10.3 Å². The Bertz CT molecular complexity index is 889. The number of nitrogens with zero attached hydrogens (tertiary/aromatic N) is 4. The van der Waals surface area contributed by atoms with Gasteiger partial charge in [-0.15, -0.1) is 0 Å². The molecule has 0 radical (unpaired) electrons. The number of benzene rings is 1. The quantitative estimate of drug-likeness (QED) is 0.837. The van der Waals surface area contributed by atoms with E-state index in [0.717, 1.165) is 21.3 Å². The van der Waals surface area contributed by atoms with Gasteiger partial charge in [-0.1, -0.05) is 11.3 Å². The third-order valence-electron chi connectivity index (χ3n) is 3.68. The van der Waals surface area contributed by atoms with Gasteiger partial charge in [0.05, 0.1) is 5.69 Å². The van der Waals surface area contributed by atoms with E-state index in [1.807, 2.05) is 31.1 Å². The van der Waals surface area contributed by atoms with E-state index in [1.165, 1.54) is 19.0 Å². The van der Waals surface area contributed by atoms with E-state index in [-0.39, 0.29) is 4.21 Å². The number of amides is 2. The van der Waals surface area contributed by atoms with Crippen molar-refractivity contribution in [2.45, 2.75) is 11.1 Å². The summed E-state index contributed by atoms with van der Waals surface area (Å²) in [7, 11) is 4.75. The smallest absolute Gasteiger partial charge is 0.327 e. The van der Waals surface area contributed by atoms with Gasteiger partial charge in [-0.2, -0.15) is 0 Å². The van der Waals surface area contributed by atoms with E-state index in [1.54, 1.807) is 26.1 Å². The molecule has 0 atom stereocenters. The van der Waals surface area contributed by atoms with Gasteiger partial charge in [-0.05, 0) is 31.2 Å². The van der Waals surface area contributed by atoms with Crippen molar-refractivity contribution in [3.63, 3.8) is 0 Å². The molecule has 8 nitrogen and oxygen atoms in total. The number of nitrogens with one attached hydrogen (secondary N) is 1. The zero-order valence-electron chi connectivity index (χ0n) is 15.6. The van der Waals surface area contributed by atoms with Gasteiger partial charge in [-0.3, -0.25) is 4.90 Å². The maximum Gasteiger partial charge on any atom is 0.327 e. The number of carbonyl (C=O) groups excluding carboxylic acids is 1. The highest BCUT2D eigenvalue weighted by atomic mass is 32.2. The molecule has 2 aromatic rings. The molecule has 1 heterocycles. The lowest BCUT2D eigenvalue weighted by Gasteiger charge is -2.16. The molecule has 0 spiro atoms. The lowest BCUT2D eigenvalue weighted by Crippen LogP contribution is -2.31. The van der Waals surface area contributed by atoms with Gasteiger partial charge in [0.2, 0.25) is 0 Å². The number of thiazole rings is 1. The Kier molecular flexibility index (Phi) is 5.89. The summed E-state index contributed by atoms with van der Waals surface area (Å²) in [5, 5.41) is 3.08. The average Bonchev–Trinajstić information content (AvgIpc) is 2.96. The van der Waals surface area contributed by atoms with Crippen molar-refractivity contribution in [2.24, 2.45) is 0 Å². The zero-order chi connectivity index (χ0) is 19.6. The molecular weight excluding hydrogens is 374 g/mol. The van der Waals surface area contributed by atoms with Crippen LogP contribution in [-0.4, -0.2) is 59.0 Å². The molecule has 0 aliphatic rings. The Balaban J connectivity index is 2.18. The fourth-order valence-electron chi connectivity index (χ4n) is 2.05. The Labute approximate surface area is 158 Å². The van der Waals surface area contributed by atoms with E-state index < -0.39 is 16.1 Å². The highest BCUT2D eigenvalue weighted by Gasteiger charge is 2.26. The highest BCUT2D eigenvalue weighted by molar-refractivity contribution is 7.91. The topological polar surface area (TPSA) is 85.9 Å². The van der Waals surface area contributed by atoms with E-state index in [9.17, 15) is 13.2 Å². The molecule has 0 saturated carbocycles. The van der Waals surface area contributed by atoms with Crippen molar-refractivity contribution in [1.82, 2.24) is 9.29 Å². The Hall–Kier alpha value is -2.17. The molecule has 26 heavy (non-hydrogen) atoms. The fraction of sp³-hybridized carbons (Fsp3) is 0.375. The molecule has 0 unspecified atom stereocenters. The molecule has 10 heteroatoms.